The molecule has 0 unspecified atom stereocenters. The molecule has 1 aliphatic rings. The Labute approximate surface area is 109 Å². The molecular formula is C13H12BrN3. The number of hydrogen-bond acceptors (Lipinski definition) is 3. The van der Waals surface area contributed by atoms with Crippen LogP contribution in [0.25, 0.3) is 0 Å². The topological polar surface area (TPSA) is 28.2 Å². The third-order valence-electron chi connectivity index (χ3n) is 2.86. The molecule has 17 heavy (non-hydrogen) atoms. The van der Waals surface area contributed by atoms with Gasteiger partial charge in [-0.2, -0.15) is 0 Å². The molecule has 0 spiro atoms. The maximum atomic E-state index is 4.01. The predicted molar refractivity (Wildman–Crippen MR) is 71.2 cm³/mol. The van der Waals surface area contributed by atoms with Crippen LogP contribution in [0.4, 0.5) is 5.69 Å². The highest BCUT2D eigenvalue weighted by Crippen LogP contribution is 2.26. The fraction of sp³-hybridized carbons (Fsp3) is 0.154. The number of aromatic nitrogens is 1. The zero-order valence-corrected chi connectivity index (χ0v) is 10.8. The van der Waals surface area contributed by atoms with E-state index >= 15 is 0 Å². The van der Waals surface area contributed by atoms with E-state index in [0.29, 0.717) is 0 Å². The van der Waals surface area contributed by atoms with Crippen molar-refractivity contribution < 1.29 is 0 Å². The van der Waals surface area contributed by atoms with Crippen molar-refractivity contribution in [1.82, 2.24) is 9.99 Å². The molecule has 3 nitrogen and oxygen atoms in total. The average molecular weight is 290 g/mol. The summed E-state index contributed by atoms with van der Waals surface area (Å²) in [5.74, 6) is 0. The van der Waals surface area contributed by atoms with E-state index in [2.05, 4.69) is 49.5 Å². The van der Waals surface area contributed by atoms with Crippen LogP contribution in [0.5, 0.6) is 0 Å². The van der Waals surface area contributed by atoms with Crippen molar-refractivity contribution in [3.63, 3.8) is 0 Å². The van der Waals surface area contributed by atoms with Gasteiger partial charge in [0.1, 0.15) is 0 Å². The first-order valence-corrected chi connectivity index (χ1v) is 6.29. The number of hydrogen-bond donors (Lipinski definition) is 1. The van der Waals surface area contributed by atoms with E-state index in [1.807, 2.05) is 12.1 Å². The molecule has 3 rings (SSSR count). The van der Waals surface area contributed by atoms with E-state index in [0.717, 1.165) is 23.2 Å². The molecule has 0 saturated carbocycles. The van der Waals surface area contributed by atoms with Crippen LogP contribution >= 0.6 is 15.9 Å². The molecule has 4 heteroatoms. The lowest BCUT2D eigenvalue weighted by molar-refractivity contribution is 0.347. The van der Waals surface area contributed by atoms with Crippen LogP contribution in [0.3, 0.4) is 0 Å². The van der Waals surface area contributed by atoms with Gasteiger partial charge in [0.05, 0.1) is 5.69 Å². The van der Waals surface area contributed by atoms with Crippen LogP contribution in [0, 0.1) is 0 Å². The summed E-state index contributed by atoms with van der Waals surface area (Å²) in [4.78, 5) is 4.01. The summed E-state index contributed by atoms with van der Waals surface area (Å²) in [5, 5.41) is 2.20. The van der Waals surface area contributed by atoms with Crippen LogP contribution < -0.4 is 5.43 Å². The summed E-state index contributed by atoms with van der Waals surface area (Å²) in [7, 11) is 0. The molecule has 0 fully saturated rings. The molecule has 1 aromatic heterocycles. The summed E-state index contributed by atoms with van der Waals surface area (Å²) in [6.07, 6.45) is 3.59. The van der Waals surface area contributed by atoms with E-state index in [1.165, 1.54) is 11.1 Å². The van der Waals surface area contributed by atoms with Crippen molar-refractivity contribution >= 4 is 21.6 Å². The van der Waals surface area contributed by atoms with Gasteiger partial charge in [0, 0.05) is 30.0 Å². The first-order chi connectivity index (χ1) is 8.31. The quantitative estimate of drug-likeness (QED) is 0.920. The van der Waals surface area contributed by atoms with Crippen molar-refractivity contribution in [2.75, 3.05) is 5.43 Å². The number of benzene rings is 1. The highest BCUT2D eigenvalue weighted by Gasteiger charge is 2.18. The molecule has 0 atom stereocenters. The van der Waals surface area contributed by atoms with Crippen molar-refractivity contribution in [3.05, 3.63) is 58.3 Å². The molecule has 0 radical (unpaired) electrons. The largest absolute Gasteiger partial charge is 0.318 e. The van der Waals surface area contributed by atoms with Gasteiger partial charge in [-0.3, -0.25) is 4.98 Å². The Bertz CT molecular complexity index is 527. The fourth-order valence-corrected chi connectivity index (χ4v) is 2.46. The molecule has 1 aliphatic heterocycles. The minimum absolute atomic E-state index is 0.928. The van der Waals surface area contributed by atoms with E-state index < -0.39 is 0 Å². The van der Waals surface area contributed by atoms with Crippen LogP contribution in [0.2, 0.25) is 0 Å². The minimum Gasteiger partial charge on any atom is -0.318 e. The molecule has 2 heterocycles. The van der Waals surface area contributed by atoms with E-state index in [9.17, 15) is 0 Å². The number of pyridine rings is 1. The highest BCUT2D eigenvalue weighted by atomic mass is 79.9. The smallest absolute Gasteiger partial charge is 0.0520 e. The molecule has 1 N–H and O–H groups in total. The van der Waals surface area contributed by atoms with Gasteiger partial charge < -0.3 is 5.43 Å². The zero-order chi connectivity index (χ0) is 11.7. The van der Waals surface area contributed by atoms with Gasteiger partial charge in [-0.1, -0.05) is 22.0 Å². The first-order valence-electron chi connectivity index (χ1n) is 5.50. The first kappa shape index (κ1) is 10.7. The molecule has 1 aromatic carbocycles. The predicted octanol–water partition coefficient (Wildman–Crippen LogP) is 3.19. The monoisotopic (exact) mass is 289 g/mol. The van der Waals surface area contributed by atoms with Gasteiger partial charge in [-0.15, -0.1) is 0 Å². The van der Waals surface area contributed by atoms with Crippen LogP contribution in [0.15, 0.2) is 47.2 Å². The van der Waals surface area contributed by atoms with Crippen LogP contribution in [-0.2, 0) is 13.1 Å². The second-order valence-electron chi connectivity index (χ2n) is 4.12. The Balaban J connectivity index is 1.74. The molecule has 0 amide bonds. The normalized spacial score (nSPS) is 14.6. The zero-order valence-electron chi connectivity index (χ0n) is 9.23. The number of hydrazine groups is 1. The van der Waals surface area contributed by atoms with Crippen molar-refractivity contribution in [3.8, 4) is 0 Å². The van der Waals surface area contributed by atoms with Crippen molar-refractivity contribution in [2.24, 2.45) is 0 Å². The summed E-state index contributed by atoms with van der Waals surface area (Å²) in [6, 6.07) is 10.4. The van der Waals surface area contributed by atoms with Crippen molar-refractivity contribution in [2.45, 2.75) is 13.1 Å². The number of nitrogens with one attached hydrogen (secondary N) is 1. The lowest BCUT2D eigenvalue weighted by Gasteiger charge is -2.17. The summed E-state index contributed by atoms with van der Waals surface area (Å²) in [6.45, 7) is 1.86. The van der Waals surface area contributed by atoms with Gasteiger partial charge in [0.2, 0.25) is 0 Å². The average Bonchev–Trinajstić information content (AvgIpc) is 2.71. The maximum absolute atomic E-state index is 4.01. The fourth-order valence-electron chi connectivity index (χ4n) is 2.05. The van der Waals surface area contributed by atoms with Gasteiger partial charge in [0.15, 0.2) is 0 Å². The van der Waals surface area contributed by atoms with E-state index in [1.54, 1.807) is 12.4 Å². The Morgan fingerprint density at radius 3 is 2.65 bits per heavy atom. The van der Waals surface area contributed by atoms with Gasteiger partial charge in [-0.05, 0) is 35.4 Å². The van der Waals surface area contributed by atoms with E-state index in [4.69, 9.17) is 0 Å². The Kier molecular flexibility index (Phi) is 2.82. The Hall–Kier alpha value is -1.39. The molecule has 0 aliphatic carbocycles. The maximum Gasteiger partial charge on any atom is 0.0520 e. The Morgan fingerprint density at radius 2 is 1.82 bits per heavy atom. The summed E-state index contributed by atoms with van der Waals surface area (Å²) < 4.78 is 1.14. The number of anilines is 1. The number of nitrogens with zero attached hydrogens (tertiary/aromatic N) is 2. The summed E-state index contributed by atoms with van der Waals surface area (Å²) >= 11 is 3.50. The molecule has 86 valence electrons. The van der Waals surface area contributed by atoms with Crippen LogP contribution in [-0.4, -0.2) is 9.99 Å². The minimum atomic E-state index is 0.928. The third-order valence-corrected chi connectivity index (χ3v) is 3.35. The van der Waals surface area contributed by atoms with Crippen molar-refractivity contribution in [1.29, 1.82) is 0 Å². The second-order valence-corrected chi connectivity index (χ2v) is 5.03. The number of rotatable bonds is 2. The third kappa shape index (κ3) is 2.33. The lowest BCUT2D eigenvalue weighted by Crippen LogP contribution is -2.23. The van der Waals surface area contributed by atoms with Gasteiger partial charge in [-0.25, -0.2) is 5.01 Å². The van der Waals surface area contributed by atoms with Gasteiger partial charge >= 0.3 is 0 Å². The molecular weight excluding hydrogens is 278 g/mol. The number of halogens is 1. The SMILES string of the molecule is Brc1ccc2c(c1)CN(Nc1ccncc1)C2. The molecule has 0 saturated heterocycles. The standard InChI is InChI=1S/C13H12BrN3/c14-12-2-1-10-8-17(9-11(10)7-12)16-13-3-5-15-6-4-13/h1-7H,8-9H2,(H,15,16). The highest BCUT2D eigenvalue weighted by molar-refractivity contribution is 9.10. The molecule has 2 aromatic rings. The summed E-state index contributed by atoms with van der Waals surface area (Å²) in [5.41, 5.74) is 7.22. The van der Waals surface area contributed by atoms with E-state index in [-0.39, 0.29) is 0 Å². The van der Waals surface area contributed by atoms with Crippen LogP contribution in [0.1, 0.15) is 11.1 Å². The second kappa shape index (κ2) is 4.47. The molecule has 0 bridgehead atoms. The lowest BCUT2D eigenvalue weighted by atomic mass is 10.1. The van der Waals surface area contributed by atoms with Gasteiger partial charge in [0.25, 0.3) is 0 Å². The Morgan fingerprint density at radius 1 is 1.06 bits per heavy atom. The number of fused-ring (bicyclic) bond motifs is 1.